The lowest BCUT2D eigenvalue weighted by molar-refractivity contribution is -0.128. The van der Waals surface area contributed by atoms with E-state index in [9.17, 15) is 9.18 Å². The number of halogens is 2. The van der Waals surface area contributed by atoms with Crippen molar-refractivity contribution in [2.75, 3.05) is 0 Å². The highest BCUT2D eigenvalue weighted by Gasteiger charge is 2.22. The summed E-state index contributed by atoms with van der Waals surface area (Å²) in [7, 11) is 0. The van der Waals surface area contributed by atoms with Crippen LogP contribution in [0.3, 0.4) is 0 Å². The second-order valence-electron chi connectivity index (χ2n) is 3.99. The van der Waals surface area contributed by atoms with Crippen molar-refractivity contribution in [1.82, 2.24) is 5.43 Å². The summed E-state index contributed by atoms with van der Waals surface area (Å²) in [6.07, 6.45) is -0.968. The number of nitrogens with two attached hydrogens (primary N) is 1. The number of hydrogen-bond donors (Lipinski definition) is 2. The van der Waals surface area contributed by atoms with Crippen LogP contribution in [0, 0.1) is 5.82 Å². The molecule has 4 nitrogen and oxygen atoms in total. The second kappa shape index (κ2) is 6.36. The van der Waals surface area contributed by atoms with Crippen LogP contribution in [0.5, 0.6) is 5.75 Å². The van der Waals surface area contributed by atoms with Crippen LogP contribution in [0.2, 0.25) is 5.02 Å². The third-order valence-corrected chi connectivity index (χ3v) is 2.92. The number of ether oxygens (including phenoxy) is 1. The highest BCUT2D eigenvalue weighted by atomic mass is 35.5. The molecular formula is C14H12ClFN2O2. The number of hydrogen-bond acceptors (Lipinski definition) is 3. The molecule has 2 rings (SSSR count). The van der Waals surface area contributed by atoms with Gasteiger partial charge in [-0.3, -0.25) is 10.2 Å². The van der Waals surface area contributed by atoms with Crippen LogP contribution in [0.4, 0.5) is 4.39 Å². The van der Waals surface area contributed by atoms with Gasteiger partial charge in [0.1, 0.15) is 11.6 Å². The van der Waals surface area contributed by atoms with Gasteiger partial charge in [-0.25, -0.2) is 10.2 Å². The van der Waals surface area contributed by atoms with Gasteiger partial charge in [-0.2, -0.15) is 0 Å². The number of nitrogens with one attached hydrogen (secondary N) is 1. The SMILES string of the molecule is NNC(=O)C(Oc1ccc(F)cc1Cl)c1ccccc1. The third kappa shape index (κ3) is 3.26. The molecule has 0 saturated carbocycles. The summed E-state index contributed by atoms with van der Waals surface area (Å²) in [5, 5.41) is 0.0794. The Kier molecular flexibility index (Phi) is 4.55. The van der Waals surface area contributed by atoms with E-state index in [4.69, 9.17) is 22.2 Å². The van der Waals surface area contributed by atoms with Crippen molar-refractivity contribution in [2.24, 2.45) is 5.84 Å². The van der Waals surface area contributed by atoms with Crippen LogP contribution in [-0.4, -0.2) is 5.91 Å². The zero-order valence-corrected chi connectivity index (χ0v) is 11.1. The molecule has 0 spiro atoms. The van der Waals surface area contributed by atoms with Gasteiger partial charge in [-0.15, -0.1) is 0 Å². The molecule has 0 aliphatic carbocycles. The third-order valence-electron chi connectivity index (χ3n) is 2.62. The lowest BCUT2D eigenvalue weighted by atomic mass is 10.1. The fraction of sp³-hybridized carbons (Fsp3) is 0.0714. The molecule has 0 aliphatic rings. The number of carbonyl (C=O) groups excluding carboxylic acids is 1. The Labute approximate surface area is 120 Å². The second-order valence-corrected chi connectivity index (χ2v) is 4.40. The minimum Gasteiger partial charge on any atom is -0.474 e. The predicted octanol–water partition coefficient (Wildman–Crippen LogP) is 2.59. The van der Waals surface area contributed by atoms with E-state index >= 15 is 0 Å². The van der Waals surface area contributed by atoms with Crippen molar-refractivity contribution in [3.8, 4) is 5.75 Å². The van der Waals surface area contributed by atoms with Gasteiger partial charge in [-0.1, -0.05) is 41.9 Å². The average Bonchev–Trinajstić information content (AvgIpc) is 2.46. The highest BCUT2D eigenvalue weighted by molar-refractivity contribution is 6.32. The van der Waals surface area contributed by atoms with Crippen molar-refractivity contribution in [1.29, 1.82) is 0 Å². The van der Waals surface area contributed by atoms with E-state index in [1.54, 1.807) is 24.3 Å². The Balaban J connectivity index is 2.31. The molecule has 0 aromatic heterocycles. The molecule has 6 heteroatoms. The number of hydrazine groups is 1. The van der Waals surface area contributed by atoms with Crippen molar-refractivity contribution in [3.05, 3.63) is 64.9 Å². The molecule has 104 valence electrons. The Bertz CT molecular complexity index is 607. The molecule has 3 N–H and O–H groups in total. The van der Waals surface area contributed by atoms with Crippen molar-refractivity contribution in [2.45, 2.75) is 6.10 Å². The molecule has 0 radical (unpaired) electrons. The fourth-order valence-electron chi connectivity index (χ4n) is 1.67. The van der Waals surface area contributed by atoms with Gasteiger partial charge in [0.05, 0.1) is 5.02 Å². The summed E-state index contributed by atoms with van der Waals surface area (Å²) in [5.41, 5.74) is 2.64. The van der Waals surface area contributed by atoms with Crippen LogP contribution in [-0.2, 0) is 4.79 Å². The Hall–Kier alpha value is -2.11. The van der Waals surface area contributed by atoms with Crippen LogP contribution >= 0.6 is 11.6 Å². The maximum Gasteiger partial charge on any atom is 0.279 e. The zero-order chi connectivity index (χ0) is 14.5. The summed E-state index contributed by atoms with van der Waals surface area (Å²) in [6, 6.07) is 12.4. The first-order chi connectivity index (χ1) is 9.61. The molecule has 0 heterocycles. The standard InChI is InChI=1S/C14H12ClFN2O2/c15-11-8-10(16)6-7-12(11)20-13(14(19)18-17)9-4-2-1-3-5-9/h1-8,13H,17H2,(H,18,19). The topological polar surface area (TPSA) is 64.3 Å². The first kappa shape index (κ1) is 14.3. The van der Waals surface area contributed by atoms with Gasteiger partial charge in [0.15, 0.2) is 0 Å². The molecule has 20 heavy (non-hydrogen) atoms. The number of amides is 1. The summed E-state index contributed by atoms with van der Waals surface area (Å²) in [4.78, 5) is 11.8. The largest absolute Gasteiger partial charge is 0.474 e. The number of benzene rings is 2. The Morgan fingerprint density at radius 3 is 2.55 bits per heavy atom. The minimum atomic E-state index is -0.968. The number of rotatable bonds is 4. The number of carbonyl (C=O) groups is 1. The first-order valence-electron chi connectivity index (χ1n) is 5.79. The smallest absolute Gasteiger partial charge is 0.279 e. The van der Waals surface area contributed by atoms with Crippen LogP contribution in [0.1, 0.15) is 11.7 Å². The molecule has 1 atom stereocenters. The lowest BCUT2D eigenvalue weighted by Gasteiger charge is -2.18. The Morgan fingerprint density at radius 2 is 1.95 bits per heavy atom. The quantitative estimate of drug-likeness (QED) is 0.517. The van der Waals surface area contributed by atoms with Gasteiger partial charge in [-0.05, 0) is 18.2 Å². The normalized spacial score (nSPS) is 11.8. The molecular weight excluding hydrogens is 283 g/mol. The fourth-order valence-corrected chi connectivity index (χ4v) is 1.89. The van der Waals surface area contributed by atoms with E-state index in [1.165, 1.54) is 12.1 Å². The van der Waals surface area contributed by atoms with Crippen LogP contribution in [0.15, 0.2) is 48.5 Å². The molecule has 1 amide bonds. The molecule has 2 aromatic carbocycles. The van der Waals surface area contributed by atoms with E-state index in [1.807, 2.05) is 11.5 Å². The van der Waals surface area contributed by atoms with Crippen LogP contribution in [0.25, 0.3) is 0 Å². The molecule has 0 bridgehead atoms. The summed E-state index contributed by atoms with van der Waals surface area (Å²) < 4.78 is 18.5. The van der Waals surface area contributed by atoms with E-state index < -0.39 is 17.8 Å². The molecule has 0 saturated heterocycles. The summed E-state index contributed by atoms with van der Waals surface area (Å²) in [6.45, 7) is 0. The van der Waals surface area contributed by atoms with E-state index in [0.29, 0.717) is 5.56 Å². The first-order valence-corrected chi connectivity index (χ1v) is 6.16. The minimum absolute atomic E-state index is 0.0794. The van der Waals surface area contributed by atoms with Crippen LogP contribution < -0.4 is 16.0 Å². The van der Waals surface area contributed by atoms with Crippen molar-refractivity contribution in [3.63, 3.8) is 0 Å². The summed E-state index contributed by atoms with van der Waals surface area (Å²) in [5.74, 6) is 4.34. The molecule has 1 unspecified atom stereocenters. The van der Waals surface area contributed by atoms with E-state index in [0.717, 1.165) is 6.07 Å². The van der Waals surface area contributed by atoms with Crippen molar-refractivity contribution < 1.29 is 13.9 Å². The lowest BCUT2D eigenvalue weighted by Crippen LogP contribution is -2.37. The average molecular weight is 295 g/mol. The van der Waals surface area contributed by atoms with E-state index in [2.05, 4.69) is 0 Å². The Morgan fingerprint density at radius 1 is 1.25 bits per heavy atom. The van der Waals surface area contributed by atoms with E-state index in [-0.39, 0.29) is 10.8 Å². The summed E-state index contributed by atoms with van der Waals surface area (Å²) >= 11 is 5.88. The predicted molar refractivity (Wildman–Crippen MR) is 73.6 cm³/mol. The van der Waals surface area contributed by atoms with Gasteiger partial charge >= 0.3 is 0 Å². The highest BCUT2D eigenvalue weighted by Crippen LogP contribution is 2.29. The molecule has 0 aliphatic heterocycles. The zero-order valence-electron chi connectivity index (χ0n) is 10.3. The van der Waals surface area contributed by atoms with Gasteiger partial charge in [0.25, 0.3) is 5.91 Å². The van der Waals surface area contributed by atoms with Gasteiger partial charge in [0.2, 0.25) is 6.10 Å². The van der Waals surface area contributed by atoms with Gasteiger partial charge in [0, 0.05) is 5.56 Å². The maximum absolute atomic E-state index is 13.0. The monoisotopic (exact) mass is 294 g/mol. The molecule has 0 fully saturated rings. The van der Waals surface area contributed by atoms with Gasteiger partial charge < -0.3 is 4.74 Å². The maximum atomic E-state index is 13.0. The van der Waals surface area contributed by atoms with Crippen molar-refractivity contribution >= 4 is 17.5 Å². The molecule has 2 aromatic rings.